The first-order chi connectivity index (χ1) is 4.83. The molecule has 1 fully saturated rings. The summed E-state index contributed by atoms with van der Waals surface area (Å²) in [7, 11) is 0. The van der Waals surface area contributed by atoms with Crippen molar-refractivity contribution in [3.63, 3.8) is 0 Å². The molecule has 10 heavy (non-hydrogen) atoms. The number of nitrogens with zero attached hydrogens (tertiary/aromatic N) is 1. The smallest absolute Gasteiger partial charge is 0.0360 e. The molecule has 0 aromatic rings. The summed E-state index contributed by atoms with van der Waals surface area (Å²) in [5.74, 6) is 0. The lowest BCUT2D eigenvalue weighted by Crippen LogP contribution is -2.34. The van der Waals surface area contributed by atoms with Gasteiger partial charge in [-0.15, -0.1) is 11.6 Å². The summed E-state index contributed by atoms with van der Waals surface area (Å²) in [6.45, 7) is 5.90. The first-order valence-electron chi connectivity index (χ1n) is 4.19. The molecule has 2 heteroatoms. The molecule has 0 aromatic carbocycles. The molecule has 0 bridgehead atoms. The summed E-state index contributed by atoms with van der Waals surface area (Å²) in [6.07, 6.45) is 3.63. The molecule has 0 aliphatic carbocycles. The van der Waals surface area contributed by atoms with E-state index in [1.165, 1.54) is 38.9 Å². The molecule has 1 aliphatic rings. The van der Waals surface area contributed by atoms with Gasteiger partial charge in [-0.2, -0.15) is 0 Å². The van der Waals surface area contributed by atoms with Crippen LogP contribution in [0.3, 0.4) is 0 Å². The molecule has 1 rings (SSSR count). The standard InChI is InChI=1S/C8H16ClN/c1-2-5-10-6-3-8(9)4-7-10/h8H,2-7H2,1H3. The number of alkyl halides is 1. The van der Waals surface area contributed by atoms with Crippen molar-refractivity contribution < 1.29 is 0 Å². The van der Waals surface area contributed by atoms with E-state index in [2.05, 4.69) is 11.8 Å². The van der Waals surface area contributed by atoms with Crippen LogP contribution in [-0.4, -0.2) is 29.9 Å². The van der Waals surface area contributed by atoms with Gasteiger partial charge in [-0.3, -0.25) is 0 Å². The second-order valence-electron chi connectivity index (χ2n) is 3.02. The van der Waals surface area contributed by atoms with Gasteiger partial charge in [-0.25, -0.2) is 0 Å². The van der Waals surface area contributed by atoms with E-state index >= 15 is 0 Å². The molecule has 0 saturated carbocycles. The predicted octanol–water partition coefficient (Wildman–Crippen LogP) is 2.10. The van der Waals surface area contributed by atoms with Crippen LogP contribution in [0.5, 0.6) is 0 Å². The number of hydrogen-bond donors (Lipinski definition) is 0. The summed E-state index contributed by atoms with van der Waals surface area (Å²) in [5.41, 5.74) is 0. The first-order valence-corrected chi connectivity index (χ1v) is 4.63. The fourth-order valence-electron chi connectivity index (χ4n) is 1.44. The van der Waals surface area contributed by atoms with Crippen LogP contribution < -0.4 is 0 Å². The second-order valence-corrected chi connectivity index (χ2v) is 3.63. The number of hydrogen-bond acceptors (Lipinski definition) is 1. The number of rotatable bonds is 2. The summed E-state index contributed by atoms with van der Waals surface area (Å²) >= 11 is 5.96. The zero-order valence-corrected chi connectivity index (χ0v) is 7.40. The van der Waals surface area contributed by atoms with Crippen LogP contribution in [0, 0.1) is 0 Å². The summed E-state index contributed by atoms with van der Waals surface area (Å²) in [4.78, 5) is 2.50. The molecular formula is C8H16ClN. The number of piperidine rings is 1. The third-order valence-electron chi connectivity index (χ3n) is 2.06. The van der Waals surface area contributed by atoms with Gasteiger partial charge < -0.3 is 4.90 Å². The summed E-state index contributed by atoms with van der Waals surface area (Å²) < 4.78 is 0. The molecule has 0 aromatic heterocycles. The molecular weight excluding hydrogens is 146 g/mol. The highest BCUT2D eigenvalue weighted by Crippen LogP contribution is 2.15. The Hall–Kier alpha value is 0.250. The van der Waals surface area contributed by atoms with Crippen molar-refractivity contribution >= 4 is 11.6 Å². The van der Waals surface area contributed by atoms with Crippen molar-refractivity contribution in [2.24, 2.45) is 0 Å². The van der Waals surface area contributed by atoms with Crippen LogP contribution in [0.2, 0.25) is 0 Å². The molecule has 0 spiro atoms. The van der Waals surface area contributed by atoms with Gasteiger partial charge in [0.2, 0.25) is 0 Å². The third-order valence-corrected chi connectivity index (χ3v) is 2.49. The van der Waals surface area contributed by atoms with Crippen LogP contribution in [0.1, 0.15) is 26.2 Å². The normalized spacial score (nSPS) is 23.4. The van der Waals surface area contributed by atoms with Crippen molar-refractivity contribution in [1.29, 1.82) is 0 Å². The minimum Gasteiger partial charge on any atom is -0.303 e. The zero-order chi connectivity index (χ0) is 7.40. The van der Waals surface area contributed by atoms with Crippen LogP contribution in [0.15, 0.2) is 0 Å². The Labute approximate surface area is 68.4 Å². The summed E-state index contributed by atoms with van der Waals surface area (Å²) in [6, 6.07) is 0. The average Bonchev–Trinajstić information content (AvgIpc) is 1.95. The largest absolute Gasteiger partial charge is 0.303 e. The van der Waals surface area contributed by atoms with E-state index in [4.69, 9.17) is 11.6 Å². The Morgan fingerprint density at radius 1 is 1.40 bits per heavy atom. The topological polar surface area (TPSA) is 3.24 Å². The Morgan fingerprint density at radius 2 is 2.00 bits per heavy atom. The van der Waals surface area contributed by atoms with E-state index < -0.39 is 0 Å². The molecule has 0 N–H and O–H groups in total. The molecule has 1 aliphatic heterocycles. The van der Waals surface area contributed by atoms with Crippen LogP contribution in [0.25, 0.3) is 0 Å². The fourth-order valence-corrected chi connectivity index (χ4v) is 1.64. The molecule has 0 amide bonds. The first kappa shape index (κ1) is 8.35. The Balaban J connectivity index is 2.13. The van der Waals surface area contributed by atoms with Crippen LogP contribution in [-0.2, 0) is 0 Å². The van der Waals surface area contributed by atoms with Crippen molar-refractivity contribution in [1.82, 2.24) is 4.90 Å². The molecule has 0 unspecified atom stereocenters. The van der Waals surface area contributed by atoms with Crippen molar-refractivity contribution in [2.45, 2.75) is 31.6 Å². The quantitative estimate of drug-likeness (QED) is 0.561. The molecule has 1 nitrogen and oxygen atoms in total. The number of halogens is 1. The van der Waals surface area contributed by atoms with Gasteiger partial charge in [0.15, 0.2) is 0 Å². The zero-order valence-electron chi connectivity index (χ0n) is 6.65. The van der Waals surface area contributed by atoms with Gasteiger partial charge in [-0.1, -0.05) is 6.92 Å². The second kappa shape index (κ2) is 4.20. The van der Waals surface area contributed by atoms with E-state index in [1.807, 2.05) is 0 Å². The van der Waals surface area contributed by atoms with E-state index in [0.29, 0.717) is 5.38 Å². The maximum atomic E-state index is 5.96. The minimum atomic E-state index is 0.452. The van der Waals surface area contributed by atoms with Gasteiger partial charge in [0.25, 0.3) is 0 Å². The third kappa shape index (κ3) is 2.47. The van der Waals surface area contributed by atoms with Gasteiger partial charge >= 0.3 is 0 Å². The SMILES string of the molecule is CCCN1CCC(Cl)CC1. The number of likely N-dealkylation sites (tertiary alicyclic amines) is 1. The minimum absolute atomic E-state index is 0.452. The Kier molecular flexibility index (Phi) is 3.50. The Morgan fingerprint density at radius 3 is 2.50 bits per heavy atom. The summed E-state index contributed by atoms with van der Waals surface area (Å²) in [5, 5.41) is 0.452. The van der Waals surface area contributed by atoms with Crippen molar-refractivity contribution in [3.05, 3.63) is 0 Å². The van der Waals surface area contributed by atoms with E-state index in [9.17, 15) is 0 Å². The fraction of sp³-hybridized carbons (Fsp3) is 1.00. The van der Waals surface area contributed by atoms with Crippen LogP contribution in [0.4, 0.5) is 0 Å². The molecule has 1 heterocycles. The molecule has 0 radical (unpaired) electrons. The monoisotopic (exact) mass is 161 g/mol. The lowest BCUT2D eigenvalue weighted by atomic mass is 10.1. The predicted molar refractivity (Wildman–Crippen MR) is 45.6 cm³/mol. The average molecular weight is 162 g/mol. The molecule has 1 saturated heterocycles. The van der Waals surface area contributed by atoms with Crippen molar-refractivity contribution in [2.75, 3.05) is 19.6 Å². The van der Waals surface area contributed by atoms with E-state index in [-0.39, 0.29) is 0 Å². The van der Waals surface area contributed by atoms with E-state index in [1.54, 1.807) is 0 Å². The highest BCUT2D eigenvalue weighted by Gasteiger charge is 2.15. The van der Waals surface area contributed by atoms with Crippen molar-refractivity contribution in [3.8, 4) is 0 Å². The highest BCUT2D eigenvalue weighted by molar-refractivity contribution is 6.20. The van der Waals surface area contributed by atoms with Gasteiger partial charge in [0, 0.05) is 5.38 Å². The van der Waals surface area contributed by atoms with Gasteiger partial charge in [-0.05, 0) is 38.9 Å². The van der Waals surface area contributed by atoms with Gasteiger partial charge in [0.1, 0.15) is 0 Å². The lowest BCUT2D eigenvalue weighted by molar-refractivity contribution is 0.232. The lowest BCUT2D eigenvalue weighted by Gasteiger charge is -2.28. The maximum Gasteiger partial charge on any atom is 0.0360 e. The highest BCUT2D eigenvalue weighted by atomic mass is 35.5. The van der Waals surface area contributed by atoms with E-state index in [0.717, 1.165) is 0 Å². The maximum absolute atomic E-state index is 5.96. The Bertz CT molecular complexity index is 87.3. The molecule has 60 valence electrons. The van der Waals surface area contributed by atoms with Crippen LogP contribution >= 0.6 is 11.6 Å². The van der Waals surface area contributed by atoms with Gasteiger partial charge in [0.05, 0.1) is 0 Å². The molecule has 0 atom stereocenters.